The Labute approximate surface area is 205 Å². The molecule has 1 aliphatic heterocycles. The summed E-state index contributed by atoms with van der Waals surface area (Å²) in [6.07, 6.45) is 2.43. The number of nitrogens with zero attached hydrogens (tertiary/aromatic N) is 3. The number of thiazole rings is 1. The van der Waals surface area contributed by atoms with Crippen LogP contribution in [0.4, 0.5) is 10.8 Å². The molecule has 2 aromatic carbocycles. The van der Waals surface area contributed by atoms with Gasteiger partial charge in [0.05, 0.1) is 16.3 Å². The Morgan fingerprint density at radius 2 is 1.76 bits per heavy atom. The van der Waals surface area contributed by atoms with Crippen LogP contribution in [0.15, 0.2) is 58.8 Å². The van der Waals surface area contributed by atoms with Gasteiger partial charge in [-0.1, -0.05) is 24.6 Å². The maximum Gasteiger partial charge on any atom is 0.264 e. The molecule has 0 spiro atoms. The molecule has 3 aromatic rings. The van der Waals surface area contributed by atoms with Crippen LogP contribution in [0.25, 0.3) is 0 Å². The summed E-state index contributed by atoms with van der Waals surface area (Å²) in [6, 6.07) is 13.2. The van der Waals surface area contributed by atoms with Gasteiger partial charge in [0.15, 0.2) is 5.13 Å². The fourth-order valence-electron chi connectivity index (χ4n) is 3.89. The molecule has 1 fully saturated rings. The number of benzene rings is 2. The standard InChI is InChI=1S/C25H30N4O3S2/c1-18-4-10-23(11-5-18)34(31,32)28(3)22-8-6-20(7-9-22)24(30)27-25-26-21(17-33-25)16-29-14-12-19(2)13-15-29/h4-11,17,19H,12-16H2,1-3H3,(H,26,27,30). The molecule has 1 aromatic heterocycles. The maximum atomic E-state index is 12.9. The molecule has 7 nitrogen and oxygen atoms in total. The summed E-state index contributed by atoms with van der Waals surface area (Å²) in [5, 5.41) is 5.40. The normalized spacial score (nSPS) is 15.3. The Kier molecular flexibility index (Phi) is 7.35. The van der Waals surface area contributed by atoms with Gasteiger partial charge in [-0.15, -0.1) is 11.3 Å². The zero-order valence-electron chi connectivity index (χ0n) is 19.7. The topological polar surface area (TPSA) is 82.6 Å². The van der Waals surface area contributed by atoms with Gasteiger partial charge in [0, 0.05) is 24.5 Å². The number of rotatable bonds is 7. The van der Waals surface area contributed by atoms with Gasteiger partial charge in [-0.3, -0.25) is 19.3 Å². The first-order valence-electron chi connectivity index (χ1n) is 11.4. The number of aromatic nitrogens is 1. The molecular weight excluding hydrogens is 468 g/mol. The molecule has 1 N–H and O–H groups in total. The van der Waals surface area contributed by atoms with Crippen molar-refractivity contribution in [1.82, 2.24) is 9.88 Å². The molecule has 34 heavy (non-hydrogen) atoms. The molecule has 0 atom stereocenters. The highest BCUT2D eigenvalue weighted by Gasteiger charge is 2.22. The fraction of sp³-hybridized carbons (Fsp3) is 0.360. The van der Waals surface area contributed by atoms with Crippen molar-refractivity contribution in [2.24, 2.45) is 5.92 Å². The van der Waals surface area contributed by atoms with Gasteiger partial charge in [0.1, 0.15) is 0 Å². The van der Waals surface area contributed by atoms with Gasteiger partial charge in [-0.05, 0) is 75.2 Å². The number of aryl methyl sites for hydroxylation is 1. The Balaban J connectivity index is 1.38. The van der Waals surface area contributed by atoms with Crippen LogP contribution in [0.5, 0.6) is 0 Å². The molecule has 1 amide bonds. The first-order valence-corrected chi connectivity index (χ1v) is 13.7. The molecule has 180 valence electrons. The van der Waals surface area contributed by atoms with E-state index in [1.165, 1.54) is 35.5 Å². The molecular formula is C25H30N4O3S2. The summed E-state index contributed by atoms with van der Waals surface area (Å²) in [4.78, 5) is 19.9. The van der Waals surface area contributed by atoms with Gasteiger partial charge in [0.2, 0.25) is 0 Å². The molecule has 1 aliphatic rings. The first kappa shape index (κ1) is 24.4. The van der Waals surface area contributed by atoms with Crippen LogP contribution in [0.2, 0.25) is 0 Å². The number of anilines is 2. The molecule has 4 rings (SSSR count). The average Bonchev–Trinajstić information content (AvgIpc) is 3.27. The van der Waals surface area contributed by atoms with Crippen molar-refractivity contribution in [2.45, 2.75) is 38.1 Å². The van der Waals surface area contributed by atoms with Crippen LogP contribution >= 0.6 is 11.3 Å². The quantitative estimate of drug-likeness (QED) is 0.508. The van der Waals surface area contributed by atoms with Crippen LogP contribution < -0.4 is 9.62 Å². The lowest BCUT2D eigenvalue weighted by molar-refractivity contribution is 0.102. The zero-order valence-corrected chi connectivity index (χ0v) is 21.3. The van der Waals surface area contributed by atoms with Crippen LogP contribution in [0.1, 0.15) is 41.4 Å². The van der Waals surface area contributed by atoms with E-state index in [0.717, 1.165) is 36.8 Å². The lowest BCUT2D eigenvalue weighted by Gasteiger charge is -2.29. The highest BCUT2D eigenvalue weighted by atomic mass is 32.2. The second kappa shape index (κ2) is 10.2. The number of amides is 1. The van der Waals surface area contributed by atoms with E-state index in [0.29, 0.717) is 16.4 Å². The minimum absolute atomic E-state index is 0.223. The third-order valence-electron chi connectivity index (χ3n) is 6.21. The zero-order chi connectivity index (χ0) is 24.3. The van der Waals surface area contributed by atoms with Crippen LogP contribution in [-0.4, -0.2) is 44.3 Å². The number of hydrogen-bond acceptors (Lipinski definition) is 6. The molecule has 0 aliphatic carbocycles. The lowest BCUT2D eigenvalue weighted by Crippen LogP contribution is -2.32. The van der Waals surface area contributed by atoms with Gasteiger partial charge in [0.25, 0.3) is 15.9 Å². The van der Waals surface area contributed by atoms with Crippen molar-refractivity contribution in [3.8, 4) is 0 Å². The molecule has 2 heterocycles. The molecule has 0 unspecified atom stereocenters. The van der Waals surface area contributed by atoms with Crippen molar-refractivity contribution >= 4 is 38.1 Å². The van der Waals surface area contributed by atoms with E-state index in [1.54, 1.807) is 48.5 Å². The summed E-state index contributed by atoms with van der Waals surface area (Å²) >= 11 is 1.41. The summed E-state index contributed by atoms with van der Waals surface area (Å²) in [7, 11) is -2.18. The number of piperidine rings is 1. The number of carbonyl (C=O) groups is 1. The summed E-state index contributed by atoms with van der Waals surface area (Å²) in [5.41, 5.74) is 2.87. The molecule has 0 saturated carbocycles. The number of nitrogens with one attached hydrogen (secondary N) is 1. The van der Waals surface area contributed by atoms with Crippen LogP contribution in [-0.2, 0) is 16.6 Å². The van der Waals surface area contributed by atoms with E-state index >= 15 is 0 Å². The molecule has 1 saturated heterocycles. The molecule has 9 heteroatoms. The third-order valence-corrected chi connectivity index (χ3v) is 8.81. The monoisotopic (exact) mass is 498 g/mol. The summed E-state index contributed by atoms with van der Waals surface area (Å²) < 4.78 is 27.0. The Bertz CT molecular complexity index is 1230. The average molecular weight is 499 g/mol. The number of carbonyl (C=O) groups excluding carboxylic acids is 1. The Morgan fingerprint density at radius 1 is 1.12 bits per heavy atom. The third kappa shape index (κ3) is 5.65. The maximum absolute atomic E-state index is 12.9. The molecule has 0 radical (unpaired) electrons. The van der Waals surface area contributed by atoms with Crippen LogP contribution in [0.3, 0.4) is 0 Å². The van der Waals surface area contributed by atoms with Crippen molar-refractivity contribution in [3.05, 3.63) is 70.7 Å². The largest absolute Gasteiger partial charge is 0.298 e. The predicted octanol–water partition coefficient (Wildman–Crippen LogP) is 4.76. The SMILES string of the molecule is Cc1ccc(S(=O)(=O)N(C)c2ccc(C(=O)Nc3nc(CN4CCC(C)CC4)cs3)cc2)cc1. The number of hydrogen-bond donors (Lipinski definition) is 1. The molecule has 0 bridgehead atoms. The van der Waals surface area contributed by atoms with Gasteiger partial charge < -0.3 is 0 Å². The van der Waals surface area contributed by atoms with Crippen molar-refractivity contribution in [2.75, 3.05) is 29.8 Å². The first-order chi connectivity index (χ1) is 16.2. The summed E-state index contributed by atoms with van der Waals surface area (Å²) in [5.74, 6) is 0.513. The van der Waals surface area contributed by atoms with E-state index in [9.17, 15) is 13.2 Å². The lowest BCUT2D eigenvalue weighted by atomic mass is 9.99. The highest BCUT2D eigenvalue weighted by Crippen LogP contribution is 2.24. The number of sulfonamides is 1. The van der Waals surface area contributed by atoms with E-state index in [1.807, 2.05) is 12.3 Å². The van der Waals surface area contributed by atoms with E-state index < -0.39 is 10.0 Å². The van der Waals surface area contributed by atoms with Gasteiger partial charge in [-0.2, -0.15) is 0 Å². The minimum Gasteiger partial charge on any atom is -0.298 e. The smallest absolute Gasteiger partial charge is 0.264 e. The summed E-state index contributed by atoms with van der Waals surface area (Å²) in [6.45, 7) is 7.17. The van der Waals surface area contributed by atoms with Crippen LogP contribution in [0, 0.1) is 12.8 Å². The predicted molar refractivity (Wildman–Crippen MR) is 137 cm³/mol. The Hall–Kier alpha value is -2.75. The van der Waals surface area contributed by atoms with E-state index in [4.69, 9.17) is 0 Å². The second-order valence-corrected chi connectivity index (χ2v) is 11.7. The van der Waals surface area contributed by atoms with Crippen molar-refractivity contribution in [3.63, 3.8) is 0 Å². The van der Waals surface area contributed by atoms with E-state index in [2.05, 4.69) is 22.1 Å². The van der Waals surface area contributed by atoms with E-state index in [-0.39, 0.29) is 10.8 Å². The Morgan fingerprint density at radius 3 is 2.41 bits per heavy atom. The second-order valence-electron chi connectivity index (χ2n) is 8.89. The fourth-order valence-corrected chi connectivity index (χ4v) is 5.78. The number of likely N-dealkylation sites (tertiary alicyclic amines) is 1. The van der Waals surface area contributed by atoms with Gasteiger partial charge in [-0.25, -0.2) is 13.4 Å². The minimum atomic E-state index is -3.68. The van der Waals surface area contributed by atoms with Gasteiger partial charge >= 0.3 is 0 Å². The van der Waals surface area contributed by atoms with Crippen molar-refractivity contribution in [1.29, 1.82) is 0 Å². The highest BCUT2D eigenvalue weighted by molar-refractivity contribution is 7.92. The van der Waals surface area contributed by atoms with Crippen molar-refractivity contribution < 1.29 is 13.2 Å².